The summed E-state index contributed by atoms with van der Waals surface area (Å²) in [5.74, 6) is -0.910. The molecule has 0 atom stereocenters. The highest BCUT2D eigenvalue weighted by Crippen LogP contribution is 2.59. The average Bonchev–Trinajstić information content (AvgIpc) is 3.63. The molecule has 40 heavy (non-hydrogen) atoms. The molecule has 1 N–H and O–H groups in total. The van der Waals surface area contributed by atoms with Crippen molar-refractivity contribution in [1.82, 2.24) is 15.1 Å². The maximum atomic E-state index is 14.9. The number of halogens is 4. The van der Waals surface area contributed by atoms with Crippen molar-refractivity contribution in [3.8, 4) is 22.8 Å². The van der Waals surface area contributed by atoms with Crippen LogP contribution in [0.5, 0.6) is 11.5 Å². The topological polar surface area (TPSA) is 109 Å². The number of nitrogens with one attached hydrogen (secondary N) is 1. The summed E-state index contributed by atoms with van der Waals surface area (Å²) in [5.41, 5.74) is -0.110. The van der Waals surface area contributed by atoms with Crippen LogP contribution in [0.1, 0.15) is 24.2 Å². The van der Waals surface area contributed by atoms with E-state index >= 15 is 0 Å². The third-order valence-electron chi connectivity index (χ3n) is 6.61. The third kappa shape index (κ3) is 5.41. The standard InChI is InChI=1S/C27H24F4N4O5/c1-37-7-8-39-22-12-19-18(11-21(22)38-2)32-14-20(33-19)16-4-3-15(17(28)9-16)10-25(36)34-24-13-23(40-35-24)26(5-6-26)27(29,30)31/h3-4,9,11-14H,5-8,10H2,1-2H3,(H,34,35,36). The molecule has 0 radical (unpaired) electrons. The van der Waals surface area contributed by atoms with Crippen LogP contribution in [-0.2, 0) is 21.4 Å². The zero-order valence-corrected chi connectivity index (χ0v) is 21.5. The minimum atomic E-state index is -4.47. The summed E-state index contributed by atoms with van der Waals surface area (Å²) in [7, 11) is 3.07. The van der Waals surface area contributed by atoms with Crippen LogP contribution in [0.25, 0.3) is 22.3 Å². The van der Waals surface area contributed by atoms with Gasteiger partial charge in [-0.3, -0.25) is 9.78 Å². The van der Waals surface area contributed by atoms with Crippen molar-refractivity contribution in [2.75, 3.05) is 32.8 Å². The van der Waals surface area contributed by atoms with E-state index in [1.54, 1.807) is 25.3 Å². The Morgan fingerprint density at radius 1 is 1.07 bits per heavy atom. The lowest BCUT2D eigenvalue weighted by Crippen LogP contribution is -2.28. The smallest absolute Gasteiger partial charge is 0.401 e. The summed E-state index contributed by atoms with van der Waals surface area (Å²) in [5, 5.41) is 5.88. The summed E-state index contributed by atoms with van der Waals surface area (Å²) in [6.45, 7) is 0.687. The second-order valence-electron chi connectivity index (χ2n) is 9.28. The monoisotopic (exact) mass is 560 g/mol. The number of hydrogen-bond acceptors (Lipinski definition) is 8. The summed E-state index contributed by atoms with van der Waals surface area (Å²) in [6.07, 6.45) is -3.55. The number of rotatable bonds is 10. The highest BCUT2D eigenvalue weighted by Gasteiger charge is 2.66. The molecular formula is C27H24F4N4O5. The molecule has 0 spiro atoms. The predicted molar refractivity (Wildman–Crippen MR) is 135 cm³/mol. The van der Waals surface area contributed by atoms with Gasteiger partial charge in [-0.15, -0.1) is 0 Å². The van der Waals surface area contributed by atoms with Crippen molar-refractivity contribution in [2.24, 2.45) is 0 Å². The molecule has 1 fully saturated rings. The molecule has 2 heterocycles. The van der Waals surface area contributed by atoms with Gasteiger partial charge >= 0.3 is 6.18 Å². The zero-order valence-electron chi connectivity index (χ0n) is 21.5. The van der Waals surface area contributed by atoms with Gasteiger partial charge in [-0.25, -0.2) is 9.37 Å². The quantitative estimate of drug-likeness (QED) is 0.208. The fourth-order valence-electron chi connectivity index (χ4n) is 4.23. The van der Waals surface area contributed by atoms with Crippen molar-refractivity contribution in [1.29, 1.82) is 0 Å². The first-order valence-electron chi connectivity index (χ1n) is 12.2. The number of alkyl halides is 3. The lowest BCUT2D eigenvalue weighted by atomic mass is 10.0. The molecule has 0 aliphatic heterocycles. The van der Waals surface area contributed by atoms with E-state index in [1.165, 1.54) is 25.4 Å². The highest BCUT2D eigenvalue weighted by atomic mass is 19.4. The van der Waals surface area contributed by atoms with Crippen LogP contribution >= 0.6 is 0 Å². The van der Waals surface area contributed by atoms with Crippen molar-refractivity contribution < 1.29 is 41.1 Å². The number of aromatic nitrogens is 3. The fraction of sp³-hybridized carbons (Fsp3) is 0.333. The van der Waals surface area contributed by atoms with Gasteiger partial charge in [-0.2, -0.15) is 13.2 Å². The average molecular weight is 561 g/mol. The number of benzene rings is 2. The number of amides is 1. The van der Waals surface area contributed by atoms with Gasteiger partial charge in [-0.05, 0) is 24.5 Å². The lowest BCUT2D eigenvalue weighted by molar-refractivity contribution is -0.165. The molecule has 2 aromatic heterocycles. The Labute approximate surface area is 225 Å². The van der Waals surface area contributed by atoms with Crippen molar-refractivity contribution in [2.45, 2.75) is 30.9 Å². The molecule has 1 amide bonds. The van der Waals surface area contributed by atoms with Crippen LogP contribution in [0.15, 0.2) is 47.1 Å². The molecule has 4 aromatic rings. The number of nitrogens with zero attached hydrogens (tertiary/aromatic N) is 3. The minimum absolute atomic E-state index is 0.0752. The maximum absolute atomic E-state index is 14.9. The molecule has 0 saturated heterocycles. The molecule has 2 aromatic carbocycles. The molecule has 1 aliphatic rings. The van der Waals surface area contributed by atoms with Crippen molar-refractivity contribution >= 4 is 22.8 Å². The van der Waals surface area contributed by atoms with Crippen LogP contribution in [0.4, 0.5) is 23.4 Å². The number of anilines is 1. The Bertz CT molecular complexity index is 1550. The highest BCUT2D eigenvalue weighted by molar-refractivity contribution is 5.91. The largest absolute Gasteiger partial charge is 0.493 e. The van der Waals surface area contributed by atoms with Gasteiger partial charge in [-0.1, -0.05) is 17.3 Å². The van der Waals surface area contributed by atoms with E-state index in [-0.39, 0.29) is 36.4 Å². The maximum Gasteiger partial charge on any atom is 0.401 e. The Balaban J connectivity index is 1.29. The number of carbonyl (C=O) groups is 1. The van der Waals surface area contributed by atoms with E-state index in [4.69, 9.17) is 18.7 Å². The van der Waals surface area contributed by atoms with Crippen LogP contribution in [0, 0.1) is 5.82 Å². The minimum Gasteiger partial charge on any atom is -0.493 e. The van der Waals surface area contributed by atoms with Crippen LogP contribution in [-0.4, -0.2) is 54.6 Å². The first-order valence-corrected chi connectivity index (χ1v) is 12.2. The second kappa shape index (κ2) is 10.7. The van der Waals surface area contributed by atoms with Gasteiger partial charge in [0.05, 0.1) is 43.1 Å². The van der Waals surface area contributed by atoms with Crippen molar-refractivity contribution in [3.63, 3.8) is 0 Å². The molecule has 210 valence electrons. The third-order valence-corrected chi connectivity index (χ3v) is 6.61. The molecule has 1 aliphatic carbocycles. The normalized spacial score (nSPS) is 14.2. The Morgan fingerprint density at radius 2 is 1.85 bits per heavy atom. The molecule has 13 heteroatoms. The van der Waals surface area contributed by atoms with E-state index in [0.29, 0.717) is 47.0 Å². The molecule has 1 saturated carbocycles. The fourth-order valence-corrected chi connectivity index (χ4v) is 4.23. The molecule has 5 rings (SSSR count). The summed E-state index contributed by atoms with van der Waals surface area (Å²) in [4.78, 5) is 21.4. The second-order valence-corrected chi connectivity index (χ2v) is 9.28. The Morgan fingerprint density at radius 3 is 2.52 bits per heavy atom. The van der Waals surface area contributed by atoms with E-state index < -0.39 is 23.3 Å². The van der Waals surface area contributed by atoms with E-state index in [9.17, 15) is 22.4 Å². The Hall–Kier alpha value is -4.26. The number of fused-ring (bicyclic) bond motifs is 1. The van der Waals surface area contributed by atoms with Gasteiger partial charge in [0.25, 0.3) is 0 Å². The summed E-state index contributed by atoms with van der Waals surface area (Å²) >= 11 is 0. The molecular weight excluding hydrogens is 536 g/mol. The molecule has 9 nitrogen and oxygen atoms in total. The lowest BCUT2D eigenvalue weighted by Gasteiger charge is -2.14. The van der Waals surface area contributed by atoms with E-state index in [0.717, 1.165) is 6.07 Å². The Kier molecular flexibility index (Phi) is 7.32. The zero-order chi connectivity index (χ0) is 28.5. The first-order chi connectivity index (χ1) is 19.1. The van der Waals surface area contributed by atoms with Crippen LogP contribution < -0.4 is 14.8 Å². The predicted octanol–water partition coefficient (Wildman–Crippen LogP) is 5.23. The number of methoxy groups -OCH3 is 2. The van der Waals surface area contributed by atoms with Gasteiger partial charge < -0.3 is 24.1 Å². The van der Waals surface area contributed by atoms with E-state index in [1.807, 2.05) is 0 Å². The van der Waals surface area contributed by atoms with Crippen LogP contribution in [0.2, 0.25) is 0 Å². The van der Waals surface area contributed by atoms with E-state index in [2.05, 4.69) is 20.4 Å². The van der Waals surface area contributed by atoms with Gasteiger partial charge in [0.1, 0.15) is 17.8 Å². The van der Waals surface area contributed by atoms with Crippen molar-refractivity contribution in [3.05, 3.63) is 59.7 Å². The number of carbonyl (C=O) groups excluding carboxylic acids is 1. The summed E-state index contributed by atoms with van der Waals surface area (Å²) in [6, 6.07) is 8.66. The molecule has 0 bridgehead atoms. The summed E-state index contributed by atoms with van der Waals surface area (Å²) < 4.78 is 75.7. The number of hydrogen-bond donors (Lipinski definition) is 1. The van der Waals surface area contributed by atoms with Gasteiger partial charge in [0, 0.05) is 30.9 Å². The van der Waals surface area contributed by atoms with Crippen LogP contribution in [0.3, 0.4) is 0 Å². The first kappa shape index (κ1) is 27.3. The number of ether oxygens (including phenoxy) is 3. The molecule has 0 unspecified atom stereocenters. The SMILES string of the molecule is COCCOc1cc2nc(-c3ccc(CC(=O)Nc4cc(C5(C(F)(F)F)CC5)on4)c(F)c3)cnc2cc1OC. The van der Waals surface area contributed by atoms with Gasteiger partial charge in [0.15, 0.2) is 23.1 Å². The van der Waals surface area contributed by atoms with Gasteiger partial charge in [0.2, 0.25) is 5.91 Å².